The Balaban J connectivity index is 1.72. The molecule has 2 atom stereocenters. The van der Waals surface area contributed by atoms with E-state index < -0.39 is 6.10 Å². The maximum absolute atomic E-state index is 11.4. The lowest BCUT2D eigenvalue weighted by Crippen LogP contribution is -2.40. The molecular formula is C22H25N3O3. The molecular weight excluding hydrogens is 354 g/mol. The van der Waals surface area contributed by atoms with Gasteiger partial charge in [0.15, 0.2) is 11.4 Å². The third-order valence-electron chi connectivity index (χ3n) is 5.91. The Kier molecular flexibility index (Phi) is 4.81. The van der Waals surface area contributed by atoms with Crippen LogP contribution in [0.4, 0.5) is 0 Å². The van der Waals surface area contributed by atoms with Gasteiger partial charge in [-0.1, -0.05) is 30.3 Å². The van der Waals surface area contributed by atoms with Gasteiger partial charge < -0.3 is 19.5 Å². The maximum Gasteiger partial charge on any atom is 0.210 e. The maximum atomic E-state index is 11.4. The Bertz CT molecular complexity index is 1010. The molecule has 3 aromatic rings. The number of nitrogens with zero attached hydrogens (tertiary/aromatic N) is 3. The molecule has 1 aliphatic rings. The molecule has 1 fully saturated rings. The summed E-state index contributed by atoms with van der Waals surface area (Å²) in [5, 5.41) is 21.6. The van der Waals surface area contributed by atoms with Crippen molar-refractivity contribution in [1.29, 1.82) is 0 Å². The number of amides is 1. The van der Waals surface area contributed by atoms with E-state index in [2.05, 4.69) is 4.98 Å². The van der Waals surface area contributed by atoms with Crippen LogP contribution in [0.5, 0.6) is 5.75 Å². The number of benzene rings is 1. The second kappa shape index (κ2) is 7.28. The number of pyridine rings is 1. The van der Waals surface area contributed by atoms with E-state index in [1.54, 1.807) is 4.90 Å². The molecule has 1 aliphatic heterocycles. The van der Waals surface area contributed by atoms with E-state index in [0.29, 0.717) is 18.5 Å². The van der Waals surface area contributed by atoms with Crippen LogP contribution in [0.3, 0.4) is 0 Å². The van der Waals surface area contributed by atoms with Crippen LogP contribution >= 0.6 is 0 Å². The number of aromatic hydroxyl groups is 1. The zero-order valence-corrected chi connectivity index (χ0v) is 16.2. The predicted octanol–water partition coefficient (Wildman–Crippen LogP) is 3.23. The average Bonchev–Trinajstić information content (AvgIpc) is 2.96. The minimum absolute atomic E-state index is 0.0428. The fourth-order valence-corrected chi connectivity index (χ4v) is 3.98. The summed E-state index contributed by atoms with van der Waals surface area (Å²) >= 11 is 0. The number of hydrogen-bond donors (Lipinski definition) is 2. The molecule has 146 valence electrons. The van der Waals surface area contributed by atoms with Crippen LogP contribution in [0.15, 0.2) is 36.5 Å². The van der Waals surface area contributed by atoms with Gasteiger partial charge in [-0.05, 0) is 44.2 Å². The van der Waals surface area contributed by atoms with Crippen LogP contribution in [0.1, 0.15) is 53.1 Å². The van der Waals surface area contributed by atoms with Crippen LogP contribution in [-0.4, -0.2) is 37.5 Å². The minimum Gasteiger partial charge on any atom is -0.504 e. The first-order valence-corrected chi connectivity index (χ1v) is 9.65. The van der Waals surface area contributed by atoms with Crippen LogP contribution in [0.25, 0.3) is 5.65 Å². The first-order valence-electron chi connectivity index (χ1n) is 9.65. The van der Waals surface area contributed by atoms with Crippen molar-refractivity contribution in [2.24, 2.45) is 0 Å². The Morgan fingerprint density at radius 1 is 1.29 bits per heavy atom. The van der Waals surface area contributed by atoms with Crippen LogP contribution in [0, 0.1) is 13.8 Å². The second-order valence-corrected chi connectivity index (χ2v) is 7.50. The molecule has 0 radical (unpaired) electrons. The second-order valence-electron chi connectivity index (χ2n) is 7.50. The van der Waals surface area contributed by atoms with Gasteiger partial charge >= 0.3 is 0 Å². The van der Waals surface area contributed by atoms with Crippen molar-refractivity contribution in [3.63, 3.8) is 0 Å². The van der Waals surface area contributed by atoms with Gasteiger partial charge in [-0.25, -0.2) is 4.98 Å². The summed E-state index contributed by atoms with van der Waals surface area (Å²) in [6, 6.07) is 9.48. The molecule has 0 saturated carbocycles. The summed E-state index contributed by atoms with van der Waals surface area (Å²) in [6.45, 7) is 4.61. The predicted molar refractivity (Wildman–Crippen MR) is 106 cm³/mol. The van der Waals surface area contributed by atoms with Gasteiger partial charge in [0, 0.05) is 24.0 Å². The molecule has 4 rings (SSSR count). The number of carbonyl (C=O) groups is 1. The quantitative estimate of drug-likeness (QED) is 0.645. The molecule has 28 heavy (non-hydrogen) atoms. The molecule has 3 heterocycles. The summed E-state index contributed by atoms with van der Waals surface area (Å²) in [6.07, 6.45) is 4.09. The molecule has 1 aromatic carbocycles. The van der Waals surface area contributed by atoms with Gasteiger partial charge in [0.2, 0.25) is 6.41 Å². The van der Waals surface area contributed by atoms with Gasteiger partial charge in [0.1, 0.15) is 0 Å². The highest BCUT2D eigenvalue weighted by molar-refractivity contribution is 5.63. The summed E-state index contributed by atoms with van der Waals surface area (Å²) in [7, 11) is 0. The lowest BCUT2D eigenvalue weighted by molar-refractivity contribution is -0.125. The van der Waals surface area contributed by atoms with E-state index in [1.165, 1.54) is 0 Å². The minimum atomic E-state index is -0.614. The van der Waals surface area contributed by atoms with E-state index in [-0.39, 0.29) is 11.8 Å². The van der Waals surface area contributed by atoms with Crippen molar-refractivity contribution in [2.75, 3.05) is 6.54 Å². The fourth-order valence-electron chi connectivity index (χ4n) is 3.98. The number of hydrogen-bond acceptors (Lipinski definition) is 4. The zero-order chi connectivity index (χ0) is 19.8. The lowest BCUT2D eigenvalue weighted by atomic mass is 9.89. The molecule has 0 aliphatic carbocycles. The highest BCUT2D eigenvalue weighted by Crippen LogP contribution is 2.40. The van der Waals surface area contributed by atoms with Crippen molar-refractivity contribution < 1.29 is 15.0 Å². The smallest absolute Gasteiger partial charge is 0.210 e. The average molecular weight is 379 g/mol. The van der Waals surface area contributed by atoms with Gasteiger partial charge in [-0.2, -0.15) is 0 Å². The first-order chi connectivity index (χ1) is 13.5. The Labute approximate surface area is 164 Å². The van der Waals surface area contributed by atoms with Gasteiger partial charge in [0.25, 0.3) is 0 Å². The number of carbonyl (C=O) groups excluding carboxylic acids is 1. The summed E-state index contributed by atoms with van der Waals surface area (Å²) in [5.74, 6) is 0.145. The summed E-state index contributed by atoms with van der Waals surface area (Å²) in [5.41, 5.74) is 4.92. The lowest BCUT2D eigenvalue weighted by Gasteiger charge is -2.39. The third-order valence-corrected chi connectivity index (χ3v) is 5.91. The van der Waals surface area contributed by atoms with Crippen LogP contribution < -0.4 is 0 Å². The number of imidazole rings is 1. The van der Waals surface area contributed by atoms with Gasteiger partial charge in [-0.3, -0.25) is 4.79 Å². The topological polar surface area (TPSA) is 78.1 Å². The van der Waals surface area contributed by atoms with Crippen LogP contribution in [-0.2, 0) is 11.2 Å². The molecule has 1 amide bonds. The molecule has 0 bridgehead atoms. The molecule has 1 saturated heterocycles. The number of rotatable bonds is 6. The molecule has 2 aromatic heterocycles. The number of aromatic nitrogens is 2. The Morgan fingerprint density at radius 2 is 2.04 bits per heavy atom. The highest BCUT2D eigenvalue weighted by Gasteiger charge is 2.32. The summed E-state index contributed by atoms with van der Waals surface area (Å²) < 4.78 is 1.90. The molecule has 6 heteroatoms. The van der Waals surface area contributed by atoms with E-state index in [9.17, 15) is 15.0 Å². The monoisotopic (exact) mass is 379 g/mol. The van der Waals surface area contributed by atoms with Gasteiger partial charge in [0.05, 0.1) is 17.8 Å². The van der Waals surface area contributed by atoms with E-state index in [0.717, 1.165) is 47.5 Å². The van der Waals surface area contributed by atoms with Crippen molar-refractivity contribution >= 4 is 12.1 Å². The Hall–Kier alpha value is -2.86. The standard InChI is InChI=1S/C22H25N3O3/c1-14-15(2)25-12-18(19-10-11-24(19)13-26)17(21(28)22(25)23-14)8-9-20(27)16-6-4-3-5-7-16/h3-7,12-13,19-20,27-28H,8-11H2,1-2H3. The molecule has 0 spiro atoms. The highest BCUT2D eigenvalue weighted by atomic mass is 16.3. The van der Waals surface area contributed by atoms with E-state index >= 15 is 0 Å². The van der Waals surface area contributed by atoms with Gasteiger partial charge in [-0.15, -0.1) is 0 Å². The van der Waals surface area contributed by atoms with E-state index in [4.69, 9.17) is 0 Å². The molecule has 2 unspecified atom stereocenters. The van der Waals surface area contributed by atoms with Crippen molar-refractivity contribution in [3.05, 3.63) is 64.6 Å². The molecule has 6 nitrogen and oxygen atoms in total. The number of aliphatic hydroxyl groups is 1. The van der Waals surface area contributed by atoms with E-state index in [1.807, 2.05) is 54.8 Å². The SMILES string of the molecule is Cc1nc2c(O)c(CCC(O)c3ccccc3)c(C3CCN3C=O)cn2c1C. The number of aliphatic hydroxyl groups excluding tert-OH is 1. The fraction of sp³-hybridized carbons (Fsp3) is 0.364. The number of likely N-dealkylation sites (tertiary alicyclic amines) is 1. The normalized spacial score (nSPS) is 17.5. The van der Waals surface area contributed by atoms with Crippen molar-refractivity contribution in [1.82, 2.24) is 14.3 Å². The van der Waals surface area contributed by atoms with Crippen LogP contribution in [0.2, 0.25) is 0 Å². The number of aryl methyl sites for hydroxylation is 2. The number of fused-ring (bicyclic) bond motifs is 1. The zero-order valence-electron chi connectivity index (χ0n) is 16.2. The third kappa shape index (κ3) is 3.03. The summed E-state index contributed by atoms with van der Waals surface area (Å²) in [4.78, 5) is 17.6. The largest absolute Gasteiger partial charge is 0.504 e. The Morgan fingerprint density at radius 3 is 2.68 bits per heavy atom. The molecule has 2 N–H and O–H groups in total. The first kappa shape index (κ1) is 18.5. The van der Waals surface area contributed by atoms with Crippen molar-refractivity contribution in [2.45, 2.75) is 45.3 Å². The van der Waals surface area contributed by atoms with Crippen molar-refractivity contribution in [3.8, 4) is 5.75 Å².